The van der Waals surface area contributed by atoms with Crippen LogP contribution in [0.3, 0.4) is 0 Å². The maximum Gasteiger partial charge on any atom is 0.0835 e. The number of hydrogen-bond donors (Lipinski definition) is 1. The van der Waals surface area contributed by atoms with E-state index in [0.717, 1.165) is 12.1 Å². The molecule has 0 aromatic heterocycles. The van der Waals surface area contributed by atoms with E-state index in [9.17, 15) is 0 Å². The fraction of sp³-hybridized carbons (Fsp3) is 0.333. The van der Waals surface area contributed by atoms with Gasteiger partial charge in [-0.25, -0.2) is 0 Å². The second-order valence-corrected chi connectivity index (χ2v) is 5.52. The lowest BCUT2D eigenvalue weighted by atomic mass is 9.89. The fourth-order valence-corrected chi connectivity index (χ4v) is 2.94. The number of hydrogen-bond acceptors (Lipinski definition) is 2. The van der Waals surface area contributed by atoms with Crippen LogP contribution in [-0.2, 0) is 11.2 Å². The number of nitrogens with two attached hydrogens (primary N) is 1. The molecule has 0 fully saturated rings. The van der Waals surface area contributed by atoms with E-state index in [2.05, 4.69) is 43.3 Å². The molecule has 3 rings (SSSR count). The van der Waals surface area contributed by atoms with Crippen molar-refractivity contribution in [3.8, 4) is 0 Å². The first-order valence-corrected chi connectivity index (χ1v) is 7.33. The van der Waals surface area contributed by atoms with Gasteiger partial charge in [0.1, 0.15) is 0 Å². The SMILES string of the molecule is CC(OC1CCCc2ccccc21)c1ccc(N)cc1. The maximum atomic E-state index is 6.30. The van der Waals surface area contributed by atoms with Crippen LogP contribution >= 0.6 is 0 Å². The van der Waals surface area contributed by atoms with Gasteiger partial charge < -0.3 is 10.5 Å². The molecule has 2 unspecified atom stereocenters. The van der Waals surface area contributed by atoms with E-state index >= 15 is 0 Å². The Kier molecular flexibility index (Phi) is 3.75. The first kappa shape index (κ1) is 13.2. The van der Waals surface area contributed by atoms with Crippen LogP contribution in [0.4, 0.5) is 5.69 Å². The quantitative estimate of drug-likeness (QED) is 0.835. The van der Waals surface area contributed by atoms with Crippen molar-refractivity contribution >= 4 is 5.69 Å². The van der Waals surface area contributed by atoms with Crippen LogP contribution in [0.15, 0.2) is 48.5 Å². The van der Waals surface area contributed by atoms with Gasteiger partial charge >= 0.3 is 0 Å². The minimum absolute atomic E-state index is 0.0896. The molecule has 20 heavy (non-hydrogen) atoms. The minimum Gasteiger partial charge on any atom is -0.399 e. The van der Waals surface area contributed by atoms with Crippen molar-refractivity contribution in [1.82, 2.24) is 0 Å². The summed E-state index contributed by atoms with van der Waals surface area (Å²) in [7, 11) is 0. The van der Waals surface area contributed by atoms with Crippen molar-refractivity contribution in [3.63, 3.8) is 0 Å². The van der Waals surface area contributed by atoms with Crippen molar-refractivity contribution in [2.45, 2.75) is 38.4 Å². The normalized spacial score (nSPS) is 19.4. The summed E-state index contributed by atoms with van der Waals surface area (Å²) >= 11 is 0. The molecule has 0 bridgehead atoms. The highest BCUT2D eigenvalue weighted by Crippen LogP contribution is 2.36. The van der Waals surface area contributed by atoms with Gasteiger partial charge in [-0.15, -0.1) is 0 Å². The number of rotatable bonds is 3. The molecule has 1 aliphatic carbocycles. The topological polar surface area (TPSA) is 35.2 Å². The van der Waals surface area contributed by atoms with E-state index in [4.69, 9.17) is 10.5 Å². The number of nitrogen functional groups attached to an aromatic ring is 1. The highest BCUT2D eigenvalue weighted by molar-refractivity contribution is 5.40. The third kappa shape index (κ3) is 2.70. The second kappa shape index (κ2) is 5.68. The summed E-state index contributed by atoms with van der Waals surface area (Å²) in [5, 5.41) is 0. The Labute approximate surface area is 120 Å². The molecule has 2 aromatic carbocycles. The minimum atomic E-state index is 0.0896. The first-order chi connectivity index (χ1) is 9.74. The molecular formula is C18H21NO. The molecule has 0 radical (unpaired) electrons. The van der Waals surface area contributed by atoms with Crippen LogP contribution in [-0.4, -0.2) is 0 Å². The van der Waals surface area contributed by atoms with Gasteiger partial charge in [0.2, 0.25) is 0 Å². The van der Waals surface area contributed by atoms with Gasteiger partial charge in [-0.05, 0) is 55.0 Å². The van der Waals surface area contributed by atoms with Crippen LogP contribution in [0.5, 0.6) is 0 Å². The summed E-state index contributed by atoms with van der Waals surface area (Å²) in [6.07, 6.45) is 3.79. The van der Waals surface area contributed by atoms with E-state index < -0.39 is 0 Å². The average Bonchev–Trinajstić information content (AvgIpc) is 2.48. The highest BCUT2D eigenvalue weighted by Gasteiger charge is 2.22. The predicted octanol–water partition coefficient (Wildman–Crippen LogP) is 4.42. The van der Waals surface area contributed by atoms with Crippen LogP contribution < -0.4 is 5.73 Å². The van der Waals surface area contributed by atoms with Crippen molar-refractivity contribution < 1.29 is 4.74 Å². The second-order valence-electron chi connectivity index (χ2n) is 5.52. The molecule has 0 spiro atoms. The molecule has 0 saturated carbocycles. The van der Waals surface area contributed by atoms with Crippen molar-refractivity contribution in [1.29, 1.82) is 0 Å². The largest absolute Gasteiger partial charge is 0.399 e. The monoisotopic (exact) mass is 267 g/mol. The van der Waals surface area contributed by atoms with Gasteiger partial charge in [-0.3, -0.25) is 0 Å². The molecular weight excluding hydrogens is 246 g/mol. The lowest BCUT2D eigenvalue weighted by Crippen LogP contribution is -2.14. The Hall–Kier alpha value is -1.80. The highest BCUT2D eigenvalue weighted by atomic mass is 16.5. The van der Waals surface area contributed by atoms with Crippen LogP contribution in [0.2, 0.25) is 0 Å². The summed E-state index contributed by atoms with van der Waals surface area (Å²) < 4.78 is 6.30. The van der Waals surface area contributed by atoms with Crippen molar-refractivity contribution in [3.05, 3.63) is 65.2 Å². The van der Waals surface area contributed by atoms with Crippen molar-refractivity contribution in [2.75, 3.05) is 5.73 Å². The molecule has 2 aromatic rings. The van der Waals surface area contributed by atoms with E-state index in [0.29, 0.717) is 0 Å². The van der Waals surface area contributed by atoms with Gasteiger partial charge in [0, 0.05) is 5.69 Å². The summed E-state index contributed by atoms with van der Waals surface area (Å²) in [6.45, 7) is 2.11. The molecule has 0 saturated heterocycles. The predicted molar refractivity (Wildman–Crippen MR) is 82.5 cm³/mol. The molecule has 2 atom stereocenters. The lowest BCUT2D eigenvalue weighted by Gasteiger charge is -2.28. The zero-order valence-electron chi connectivity index (χ0n) is 11.9. The summed E-state index contributed by atoms with van der Waals surface area (Å²) in [6, 6.07) is 16.6. The molecule has 0 amide bonds. The fourth-order valence-electron chi connectivity index (χ4n) is 2.94. The van der Waals surface area contributed by atoms with Gasteiger partial charge in [-0.1, -0.05) is 36.4 Å². The van der Waals surface area contributed by atoms with Crippen molar-refractivity contribution in [2.24, 2.45) is 0 Å². The lowest BCUT2D eigenvalue weighted by molar-refractivity contribution is -0.0141. The third-order valence-electron chi connectivity index (χ3n) is 4.09. The van der Waals surface area contributed by atoms with E-state index in [1.807, 2.05) is 12.1 Å². The third-order valence-corrected chi connectivity index (χ3v) is 4.09. The van der Waals surface area contributed by atoms with Gasteiger partial charge in [0.05, 0.1) is 12.2 Å². The average molecular weight is 267 g/mol. The Morgan fingerprint density at radius 2 is 1.85 bits per heavy atom. The Balaban J connectivity index is 1.77. The van der Waals surface area contributed by atoms with Crippen LogP contribution in [0.25, 0.3) is 0 Å². The molecule has 2 N–H and O–H groups in total. The van der Waals surface area contributed by atoms with E-state index in [-0.39, 0.29) is 12.2 Å². The Morgan fingerprint density at radius 3 is 2.65 bits per heavy atom. The number of fused-ring (bicyclic) bond motifs is 1. The summed E-state index contributed by atoms with van der Waals surface area (Å²) in [4.78, 5) is 0. The number of benzene rings is 2. The molecule has 2 heteroatoms. The number of anilines is 1. The van der Waals surface area contributed by atoms with E-state index in [1.54, 1.807) is 0 Å². The smallest absolute Gasteiger partial charge is 0.0835 e. The van der Waals surface area contributed by atoms with Gasteiger partial charge in [-0.2, -0.15) is 0 Å². The molecule has 0 aliphatic heterocycles. The Morgan fingerprint density at radius 1 is 1.10 bits per heavy atom. The summed E-state index contributed by atoms with van der Waals surface area (Å²) in [5.41, 5.74) is 10.5. The number of ether oxygens (including phenoxy) is 1. The zero-order valence-corrected chi connectivity index (χ0v) is 11.9. The van der Waals surface area contributed by atoms with Crippen LogP contribution in [0.1, 0.15) is 48.7 Å². The molecule has 2 nitrogen and oxygen atoms in total. The van der Waals surface area contributed by atoms with Gasteiger partial charge in [0.25, 0.3) is 0 Å². The number of aryl methyl sites for hydroxylation is 1. The molecule has 1 aliphatic rings. The molecule has 104 valence electrons. The van der Waals surface area contributed by atoms with E-state index in [1.165, 1.54) is 29.5 Å². The Bertz CT molecular complexity index is 576. The summed E-state index contributed by atoms with van der Waals surface area (Å²) in [5.74, 6) is 0. The maximum absolute atomic E-state index is 6.30. The molecule has 0 heterocycles. The zero-order chi connectivity index (χ0) is 13.9. The first-order valence-electron chi connectivity index (χ1n) is 7.33. The standard InChI is InChI=1S/C18H21NO/c1-13(14-9-11-16(19)12-10-14)20-18-8-4-6-15-5-2-3-7-17(15)18/h2-3,5,7,9-13,18H,4,6,8,19H2,1H3. The van der Waals surface area contributed by atoms with Gasteiger partial charge in [0.15, 0.2) is 0 Å². The van der Waals surface area contributed by atoms with Crippen LogP contribution in [0, 0.1) is 0 Å².